The van der Waals surface area contributed by atoms with Crippen molar-refractivity contribution in [2.75, 3.05) is 0 Å². The molecule has 1 heterocycles. The number of imide groups is 3. The topological polar surface area (TPSA) is 104 Å². The van der Waals surface area contributed by atoms with Crippen LogP contribution in [0, 0.1) is 0 Å². The van der Waals surface area contributed by atoms with Gasteiger partial charge in [-0.15, -0.1) is 0 Å². The Morgan fingerprint density at radius 3 is 1.86 bits per heavy atom. The highest BCUT2D eigenvalue weighted by Crippen LogP contribution is 2.36. The van der Waals surface area contributed by atoms with Crippen LogP contribution in [0.1, 0.15) is 36.8 Å². The van der Waals surface area contributed by atoms with Crippen LogP contribution in [0.3, 0.4) is 0 Å². The number of carboxylic acids is 1. The van der Waals surface area contributed by atoms with E-state index in [4.69, 9.17) is 5.11 Å². The molecule has 0 aromatic heterocycles. The van der Waals surface area contributed by atoms with Crippen LogP contribution in [-0.4, -0.2) is 33.8 Å². The zero-order valence-corrected chi connectivity index (χ0v) is 15.1. The maximum Gasteiger partial charge on any atom is 0.332 e. The van der Waals surface area contributed by atoms with Crippen molar-refractivity contribution in [1.29, 1.82) is 0 Å². The Kier molecular flexibility index (Phi) is 5.54. The normalized spacial score (nSPS) is 15.4. The number of unbranched alkanes of at least 4 members (excludes halogenated alkanes) is 1. The third-order valence-corrected chi connectivity index (χ3v) is 4.72. The van der Waals surface area contributed by atoms with Crippen molar-refractivity contribution in [3.63, 3.8) is 0 Å². The summed E-state index contributed by atoms with van der Waals surface area (Å²) >= 11 is 0. The van der Waals surface area contributed by atoms with Crippen LogP contribution in [0.2, 0.25) is 0 Å². The molecule has 1 aliphatic rings. The molecule has 0 aliphatic carbocycles. The van der Waals surface area contributed by atoms with Crippen LogP contribution < -0.4 is 5.32 Å². The monoisotopic (exact) mass is 380 g/mol. The number of urea groups is 1. The standard InChI is InChI=1S/C21H20N2O5/c24-17(13-7-8-14-18(25)26)23-19(27)21(22-20(23)28,15-9-3-1-4-10-15)16-11-5-2-6-12-16/h1-6,9-12H,7-8,13-14H2,(H,22,28)(H,25,26). The van der Waals surface area contributed by atoms with Gasteiger partial charge in [-0.2, -0.15) is 4.90 Å². The summed E-state index contributed by atoms with van der Waals surface area (Å²) in [5.41, 5.74) is -0.363. The SMILES string of the molecule is O=C(O)CCCCC(=O)N1C(=O)NC(c2ccccc2)(c2ccccc2)C1=O. The molecule has 4 amide bonds. The number of nitrogens with one attached hydrogen (secondary N) is 1. The fourth-order valence-corrected chi connectivity index (χ4v) is 3.35. The molecule has 144 valence electrons. The summed E-state index contributed by atoms with van der Waals surface area (Å²) in [4.78, 5) is 49.7. The molecule has 3 rings (SSSR count). The predicted octanol–water partition coefficient (Wildman–Crippen LogP) is 2.65. The van der Waals surface area contributed by atoms with Gasteiger partial charge in [0.1, 0.15) is 0 Å². The maximum absolute atomic E-state index is 13.3. The van der Waals surface area contributed by atoms with E-state index in [9.17, 15) is 19.2 Å². The largest absolute Gasteiger partial charge is 0.481 e. The van der Waals surface area contributed by atoms with Crippen LogP contribution in [0.25, 0.3) is 0 Å². The Hall–Kier alpha value is -3.48. The Morgan fingerprint density at radius 2 is 1.36 bits per heavy atom. The molecule has 1 fully saturated rings. The molecule has 0 spiro atoms. The number of carboxylic acid groups (broad SMARTS) is 1. The molecule has 0 atom stereocenters. The van der Waals surface area contributed by atoms with E-state index >= 15 is 0 Å². The first-order chi connectivity index (χ1) is 13.5. The summed E-state index contributed by atoms with van der Waals surface area (Å²) in [5.74, 6) is -2.24. The number of hydrogen-bond acceptors (Lipinski definition) is 4. The zero-order valence-electron chi connectivity index (χ0n) is 15.1. The van der Waals surface area contributed by atoms with Gasteiger partial charge in [0, 0.05) is 12.8 Å². The number of aliphatic carboxylic acids is 1. The maximum atomic E-state index is 13.3. The minimum Gasteiger partial charge on any atom is -0.481 e. The summed E-state index contributed by atoms with van der Waals surface area (Å²) in [5, 5.41) is 11.4. The number of hydrogen-bond donors (Lipinski definition) is 2. The van der Waals surface area contributed by atoms with Crippen molar-refractivity contribution in [2.24, 2.45) is 0 Å². The van der Waals surface area contributed by atoms with Gasteiger partial charge in [0.15, 0.2) is 5.54 Å². The van der Waals surface area contributed by atoms with E-state index in [0.717, 1.165) is 0 Å². The molecule has 2 aromatic carbocycles. The van der Waals surface area contributed by atoms with E-state index in [0.29, 0.717) is 22.4 Å². The van der Waals surface area contributed by atoms with Crippen LogP contribution in [0.5, 0.6) is 0 Å². The van der Waals surface area contributed by atoms with Crippen molar-refractivity contribution in [3.05, 3.63) is 71.8 Å². The van der Waals surface area contributed by atoms with E-state index in [2.05, 4.69) is 5.32 Å². The first-order valence-corrected chi connectivity index (χ1v) is 8.99. The van der Waals surface area contributed by atoms with Gasteiger partial charge in [-0.25, -0.2) is 4.79 Å². The molecule has 0 radical (unpaired) electrons. The van der Waals surface area contributed by atoms with Crippen LogP contribution in [0.4, 0.5) is 4.79 Å². The molecule has 2 N–H and O–H groups in total. The van der Waals surface area contributed by atoms with Crippen molar-refractivity contribution >= 4 is 23.8 Å². The molecule has 2 aromatic rings. The van der Waals surface area contributed by atoms with Crippen LogP contribution in [0.15, 0.2) is 60.7 Å². The van der Waals surface area contributed by atoms with E-state index in [1.54, 1.807) is 60.7 Å². The molecule has 7 nitrogen and oxygen atoms in total. The smallest absolute Gasteiger partial charge is 0.332 e. The Balaban J connectivity index is 1.91. The van der Waals surface area contributed by atoms with Crippen LogP contribution in [-0.2, 0) is 19.9 Å². The highest BCUT2D eigenvalue weighted by molar-refractivity contribution is 6.19. The van der Waals surface area contributed by atoms with E-state index < -0.39 is 29.4 Å². The van der Waals surface area contributed by atoms with Gasteiger partial charge >= 0.3 is 12.0 Å². The first-order valence-electron chi connectivity index (χ1n) is 8.99. The quantitative estimate of drug-likeness (QED) is 0.568. The lowest BCUT2D eigenvalue weighted by molar-refractivity contribution is -0.142. The summed E-state index contributed by atoms with van der Waals surface area (Å²) in [7, 11) is 0. The third kappa shape index (κ3) is 3.51. The minimum atomic E-state index is -1.48. The highest BCUT2D eigenvalue weighted by atomic mass is 16.4. The van der Waals surface area contributed by atoms with Crippen molar-refractivity contribution in [1.82, 2.24) is 10.2 Å². The Bertz CT molecular complexity index is 856. The number of benzene rings is 2. The van der Waals surface area contributed by atoms with E-state index in [-0.39, 0.29) is 19.3 Å². The second kappa shape index (κ2) is 8.04. The van der Waals surface area contributed by atoms with E-state index in [1.807, 2.05) is 0 Å². The molecular weight excluding hydrogens is 360 g/mol. The number of carbonyl (C=O) groups excluding carboxylic acids is 3. The molecule has 0 saturated carbocycles. The number of nitrogens with zero attached hydrogens (tertiary/aromatic N) is 1. The van der Waals surface area contributed by atoms with Gasteiger partial charge in [-0.1, -0.05) is 60.7 Å². The van der Waals surface area contributed by atoms with Crippen molar-refractivity contribution in [2.45, 2.75) is 31.2 Å². The molecule has 0 bridgehead atoms. The first kappa shape index (κ1) is 19.3. The average molecular weight is 380 g/mol. The Morgan fingerprint density at radius 1 is 0.857 bits per heavy atom. The van der Waals surface area contributed by atoms with Crippen molar-refractivity contribution < 1.29 is 24.3 Å². The van der Waals surface area contributed by atoms with Gasteiger partial charge in [0.2, 0.25) is 5.91 Å². The van der Waals surface area contributed by atoms with E-state index in [1.165, 1.54) is 0 Å². The average Bonchev–Trinajstić information content (AvgIpc) is 2.97. The molecule has 28 heavy (non-hydrogen) atoms. The molecule has 7 heteroatoms. The fourth-order valence-electron chi connectivity index (χ4n) is 3.35. The second-order valence-electron chi connectivity index (χ2n) is 6.55. The molecule has 1 aliphatic heterocycles. The molecule has 1 saturated heterocycles. The van der Waals surface area contributed by atoms with Crippen LogP contribution >= 0.6 is 0 Å². The lowest BCUT2D eigenvalue weighted by atomic mass is 9.82. The summed E-state index contributed by atoms with van der Waals surface area (Å²) in [6.07, 6.45) is 0.441. The van der Waals surface area contributed by atoms with Gasteiger partial charge in [-0.3, -0.25) is 14.4 Å². The third-order valence-electron chi connectivity index (χ3n) is 4.72. The summed E-state index contributed by atoms with van der Waals surface area (Å²) < 4.78 is 0. The summed E-state index contributed by atoms with van der Waals surface area (Å²) in [6, 6.07) is 16.8. The lowest BCUT2D eigenvalue weighted by Gasteiger charge is -2.27. The predicted molar refractivity (Wildman–Crippen MR) is 100 cm³/mol. The van der Waals surface area contributed by atoms with Gasteiger partial charge in [0.05, 0.1) is 0 Å². The number of amides is 4. The second-order valence-corrected chi connectivity index (χ2v) is 6.55. The fraction of sp³-hybridized carbons (Fsp3) is 0.238. The zero-order chi connectivity index (χ0) is 20.1. The van der Waals surface area contributed by atoms with Gasteiger partial charge < -0.3 is 10.4 Å². The Labute approximate surface area is 162 Å². The lowest BCUT2D eigenvalue weighted by Crippen LogP contribution is -2.45. The van der Waals surface area contributed by atoms with Gasteiger partial charge in [-0.05, 0) is 24.0 Å². The minimum absolute atomic E-state index is 0.0641. The molecule has 0 unspecified atom stereocenters. The van der Waals surface area contributed by atoms with Gasteiger partial charge in [0.25, 0.3) is 5.91 Å². The highest BCUT2D eigenvalue weighted by Gasteiger charge is 2.55. The number of carbonyl (C=O) groups is 4. The van der Waals surface area contributed by atoms with Crippen molar-refractivity contribution in [3.8, 4) is 0 Å². The summed E-state index contributed by atoms with van der Waals surface area (Å²) in [6.45, 7) is 0. The molecular formula is C21H20N2O5. The number of rotatable bonds is 7.